The number of hydrogen-bond donors (Lipinski definition) is 0. The van der Waals surface area contributed by atoms with Gasteiger partial charge in [-0.2, -0.15) is 18.3 Å². The van der Waals surface area contributed by atoms with Crippen LogP contribution in [0.2, 0.25) is 0 Å². The molecule has 0 aliphatic carbocycles. The average molecular weight is 225 g/mol. The molecule has 0 atom stereocenters. The van der Waals surface area contributed by atoms with Crippen LogP contribution in [0.3, 0.4) is 0 Å². The molecule has 2 nitrogen and oxygen atoms in total. The topological polar surface area (TPSA) is 17.8 Å². The summed E-state index contributed by atoms with van der Waals surface area (Å²) >= 11 is 0. The Hall–Kier alpha value is -1.78. The first-order valence-electron chi connectivity index (χ1n) is 4.58. The van der Waals surface area contributed by atoms with E-state index >= 15 is 0 Å². The van der Waals surface area contributed by atoms with Crippen LogP contribution < -0.4 is 0 Å². The van der Waals surface area contributed by atoms with Gasteiger partial charge in [-0.05, 0) is 36.8 Å². The molecule has 0 aliphatic rings. The molecule has 83 valence electrons. The van der Waals surface area contributed by atoms with E-state index in [2.05, 4.69) is 11.2 Å². The predicted molar refractivity (Wildman–Crippen MR) is 52.1 cm³/mol. The third-order valence-corrected chi connectivity index (χ3v) is 2.10. The maximum absolute atomic E-state index is 12.3. The van der Waals surface area contributed by atoms with Crippen molar-refractivity contribution in [3.63, 3.8) is 0 Å². The zero-order valence-electron chi connectivity index (χ0n) is 8.42. The molecule has 0 amide bonds. The zero-order valence-corrected chi connectivity index (χ0v) is 8.42. The summed E-state index contributed by atoms with van der Waals surface area (Å²) in [6, 6.07) is 8.91. The van der Waals surface area contributed by atoms with Gasteiger partial charge in [0.15, 0.2) is 5.69 Å². The smallest absolute Gasteiger partial charge is 0.240 e. The van der Waals surface area contributed by atoms with Crippen LogP contribution in [0, 0.1) is 13.0 Å². The largest absolute Gasteiger partial charge is 0.435 e. The third kappa shape index (κ3) is 2.08. The van der Waals surface area contributed by atoms with Crippen LogP contribution >= 0.6 is 0 Å². The highest BCUT2D eigenvalue weighted by Crippen LogP contribution is 2.27. The minimum absolute atomic E-state index is 0.557. The molecule has 0 aliphatic heterocycles. The van der Waals surface area contributed by atoms with Crippen LogP contribution in [0.4, 0.5) is 13.2 Å². The Morgan fingerprint density at radius 1 is 1.25 bits per heavy atom. The summed E-state index contributed by atoms with van der Waals surface area (Å²) in [5.41, 5.74) is 0.584. The quantitative estimate of drug-likeness (QED) is 0.729. The highest BCUT2D eigenvalue weighted by molar-refractivity contribution is 5.33. The van der Waals surface area contributed by atoms with Crippen molar-refractivity contribution in [2.45, 2.75) is 13.1 Å². The first-order chi connectivity index (χ1) is 7.47. The van der Waals surface area contributed by atoms with Gasteiger partial charge in [-0.25, -0.2) is 4.68 Å². The maximum Gasteiger partial charge on any atom is 0.435 e. The number of nitrogens with zero attached hydrogens (tertiary/aromatic N) is 2. The van der Waals surface area contributed by atoms with Crippen molar-refractivity contribution < 1.29 is 13.2 Å². The third-order valence-electron chi connectivity index (χ3n) is 2.10. The van der Waals surface area contributed by atoms with Gasteiger partial charge in [-0.3, -0.25) is 0 Å². The number of hydrogen-bond acceptors (Lipinski definition) is 1. The minimum atomic E-state index is -4.40. The molecule has 1 radical (unpaired) electrons. The second-order valence-corrected chi connectivity index (χ2v) is 3.37. The van der Waals surface area contributed by atoms with E-state index in [-0.39, 0.29) is 0 Å². The second kappa shape index (κ2) is 3.66. The van der Waals surface area contributed by atoms with Gasteiger partial charge in [0.25, 0.3) is 0 Å². The normalized spacial score (nSPS) is 11.8. The van der Waals surface area contributed by atoms with Gasteiger partial charge in [-0.1, -0.05) is 6.07 Å². The molecule has 0 saturated heterocycles. The molecule has 0 N–H and O–H groups in total. The van der Waals surface area contributed by atoms with Crippen molar-refractivity contribution in [3.8, 4) is 5.69 Å². The Morgan fingerprint density at radius 2 is 2.00 bits per heavy atom. The second-order valence-electron chi connectivity index (χ2n) is 3.37. The lowest BCUT2D eigenvalue weighted by molar-refractivity contribution is -0.141. The highest BCUT2D eigenvalue weighted by Gasteiger charge is 2.33. The lowest BCUT2D eigenvalue weighted by Crippen LogP contribution is -2.07. The Labute approximate surface area is 90.3 Å². The van der Waals surface area contributed by atoms with Gasteiger partial charge in [-0.15, -0.1) is 0 Å². The fourth-order valence-corrected chi connectivity index (χ4v) is 1.26. The number of aromatic nitrogens is 2. The summed E-state index contributed by atoms with van der Waals surface area (Å²) in [5, 5.41) is 3.45. The molecular weight excluding hydrogens is 217 g/mol. The number of rotatable bonds is 1. The van der Waals surface area contributed by atoms with E-state index in [0.717, 1.165) is 11.6 Å². The van der Waals surface area contributed by atoms with E-state index < -0.39 is 11.9 Å². The summed E-state index contributed by atoms with van der Waals surface area (Å²) in [6.07, 6.45) is -3.12. The number of aryl methyl sites for hydroxylation is 1. The first-order valence-corrected chi connectivity index (χ1v) is 4.58. The number of alkyl halides is 3. The van der Waals surface area contributed by atoms with E-state index in [0.29, 0.717) is 5.69 Å². The van der Waals surface area contributed by atoms with Crippen molar-refractivity contribution in [3.05, 3.63) is 47.8 Å². The molecule has 16 heavy (non-hydrogen) atoms. The molecule has 0 spiro atoms. The zero-order chi connectivity index (χ0) is 11.8. The molecule has 0 unspecified atom stereocenters. The van der Waals surface area contributed by atoms with Crippen molar-refractivity contribution in [1.82, 2.24) is 9.78 Å². The standard InChI is InChI=1S/C11H8F3N2/c1-8-2-4-9(5-3-8)16-7-6-10(15-16)11(12,13)14/h2,4-7H,1H3. The summed E-state index contributed by atoms with van der Waals surface area (Å²) in [7, 11) is 0. The van der Waals surface area contributed by atoms with E-state index in [1.165, 1.54) is 10.9 Å². The van der Waals surface area contributed by atoms with Gasteiger partial charge in [0.05, 0.1) is 5.69 Å². The van der Waals surface area contributed by atoms with E-state index in [1.54, 1.807) is 18.2 Å². The van der Waals surface area contributed by atoms with E-state index in [4.69, 9.17) is 0 Å². The monoisotopic (exact) mass is 225 g/mol. The van der Waals surface area contributed by atoms with Crippen molar-refractivity contribution in [2.75, 3.05) is 0 Å². The molecule has 1 aromatic carbocycles. The molecular formula is C11H8F3N2. The van der Waals surface area contributed by atoms with Gasteiger partial charge < -0.3 is 0 Å². The number of benzene rings is 1. The predicted octanol–water partition coefficient (Wildman–Crippen LogP) is 3.00. The van der Waals surface area contributed by atoms with Crippen molar-refractivity contribution in [1.29, 1.82) is 0 Å². The lowest BCUT2D eigenvalue weighted by Gasteiger charge is -2.02. The molecule has 0 saturated carbocycles. The molecule has 1 heterocycles. The van der Waals surface area contributed by atoms with Crippen LogP contribution in [0.5, 0.6) is 0 Å². The lowest BCUT2D eigenvalue weighted by atomic mass is 10.2. The average Bonchev–Trinajstić information content (AvgIpc) is 2.67. The molecule has 2 aromatic rings. The first kappa shape index (κ1) is 10.7. The molecule has 5 heteroatoms. The van der Waals surface area contributed by atoms with Gasteiger partial charge in [0.2, 0.25) is 0 Å². The Balaban J connectivity index is 2.35. The van der Waals surface area contributed by atoms with E-state index in [9.17, 15) is 13.2 Å². The fraction of sp³-hybridized carbons (Fsp3) is 0.182. The van der Waals surface area contributed by atoms with Crippen molar-refractivity contribution >= 4 is 0 Å². The van der Waals surface area contributed by atoms with Crippen LogP contribution in [-0.4, -0.2) is 9.78 Å². The van der Waals surface area contributed by atoms with Crippen molar-refractivity contribution in [2.24, 2.45) is 0 Å². The Bertz CT molecular complexity index is 483. The fourth-order valence-electron chi connectivity index (χ4n) is 1.26. The van der Waals surface area contributed by atoms with Crippen LogP contribution in [0.1, 0.15) is 11.3 Å². The molecule has 0 bridgehead atoms. The number of halogens is 3. The Kier molecular flexibility index (Phi) is 2.46. The Morgan fingerprint density at radius 3 is 2.50 bits per heavy atom. The van der Waals surface area contributed by atoms with Crippen LogP contribution in [0.25, 0.3) is 5.69 Å². The summed E-state index contributed by atoms with van der Waals surface area (Å²) in [5.74, 6) is 0. The highest BCUT2D eigenvalue weighted by atomic mass is 19.4. The van der Waals surface area contributed by atoms with Crippen LogP contribution in [-0.2, 0) is 6.18 Å². The molecule has 2 rings (SSSR count). The van der Waals surface area contributed by atoms with Gasteiger partial charge in [0, 0.05) is 6.20 Å². The summed E-state index contributed by atoms with van der Waals surface area (Å²) in [6.45, 7) is 1.86. The molecule has 1 aromatic heterocycles. The van der Waals surface area contributed by atoms with Crippen LogP contribution in [0.15, 0.2) is 30.5 Å². The van der Waals surface area contributed by atoms with Gasteiger partial charge >= 0.3 is 6.18 Å². The van der Waals surface area contributed by atoms with Gasteiger partial charge in [0.1, 0.15) is 0 Å². The maximum atomic E-state index is 12.3. The molecule has 0 fully saturated rings. The van der Waals surface area contributed by atoms with E-state index in [1.807, 2.05) is 6.92 Å². The summed E-state index contributed by atoms with van der Waals surface area (Å²) in [4.78, 5) is 0. The minimum Gasteiger partial charge on any atom is -0.240 e. The SMILES string of the molecule is Cc1[c]cc(-n2ccc(C(F)(F)F)n2)cc1. The summed E-state index contributed by atoms with van der Waals surface area (Å²) < 4.78 is 38.1.